The van der Waals surface area contributed by atoms with Crippen molar-refractivity contribution in [1.82, 2.24) is 5.32 Å². The summed E-state index contributed by atoms with van der Waals surface area (Å²) in [6.45, 7) is 8.51. The Labute approximate surface area is 108 Å². The monoisotopic (exact) mass is 241 g/mol. The Morgan fingerprint density at radius 2 is 1.76 bits per heavy atom. The minimum absolute atomic E-state index is 0.758. The minimum atomic E-state index is 0.758. The van der Waals surface area contributed by atoms with Gasteiger partial charge in [0.1, 0.15) is 0 Å². The van der Waals surface area contributed by atoms with E-state index in [0.29, 0.717) is 0 Å². The summed E-state index contributed by atoms with van der Waals surface area (Å²) in [5.74, 6) is 1.68. The molecule has 1 aliphatic carbocycles. The zero-order valence-electron chi connectivity index (χ0n) is 11.8. The maximum atomic E-state index is 5.60. The summed E-state index contributed by atoms with van der Waals surface area (Å²) in [5.41, 5.74) is 0. The fraction of sp³-hybridized carbons (Fsp3) is 1.00. The van der Waals surface area contributed by atoms with Gasteiger partial charge < -0.3 is 10.1 Å². The van der Waals surface area contributed by atoms with Crippen LogP contribution in [-0.4, -0.2) is 26.3 Å². The van der Waals surface area contributed by atoms with Crippen LogP contribution in [0.15, 0.2) is 0 Å². The zero-order chi connectivity index (χ0) is 12.3. The van der Waals surface area contributed by atoms with Gasteiger partial charge in [-0.05, 0) is 37.6 Å². The van der Waals surface area contributed by atoms with Crippen LogP contribution in [0.1, 0.15) is 58.8 Å². The third-order valence-electron chi connectivity index (χ3n) is 3.67. The van der Waals surface area contributed by atoms with Gasteiger partial charge >= 0.3 is 0 Å². The van der Waals surface area contributed by atoms with Crippen molar-refractivity contribution >= 4 is 0 Å². The molecule has 0 heterocycles. The molecule has 0 unspecified atom stereocenters. The quantitative estimate of drug-likeness (QED) is 0.518. The van der Waals surface area contributed by atoms with E-state index in [-0.39, 0.29) is 0 Å². The molecule has 2 heteroatoms. The Morgan fingerprint density at radius 3 is 2.41 bits per heavy atom. The lowest BCUT2D eigenvalue weighted by Crippen LogP contribution is -2.26. The fourth-order valence-corrected chi connectivity index (χ4v) is 2.44. The smallest absolute Gasteiger partial charge is 0.0590 e. The van der Waals surface area contributed by atoms with Crippen LogP contribution < -0.4 is 5.32 Å². The average Bonchev–Trinajstić information content (AvgIpc) is 2.56. The average molecular weight is 241 g/mol. The van der Waals surface area contributed by atoms with Crippen molar-refractivity contribution in [3.63, 3.8) is 0 Å². The van der Waals surface area contributed by atoms with Crippen LogP contribution in [0.3, 0.4) is 0 Å². The van der Waals surface area contributed by atoms with Crippen molar-refractivity contribution in [3.05, 3.63) is 0 Å². The molecule has 0 saturated heterocycles. The van der Waals surface area contributed by atoms with E-state index in [1.807, 2.05) is 0 Å². The molecule has 1 fully saturated rings. The third-order valence-corrected chi connectivity index (χ3v) is 3.67. The van der Waals surface area contributed by atoms with Crippen LogP contribution in [0.4, 0.5) is 0 Å². The predicted molar refractivity (Wildman–Crippen MR) is 74.3 cm³/mol. The van der Waals surface area contributed by atoms with E-state index in [4.69, 9.17) is 4.74 Å². The number of rotatable bonds is 8. The van der Waals surface area contributed by atoms with Crippen molar-refractivity contribution in [1.29, 1.82) is 0 Å². The van der Waals surface area contributed by atoms with Crippen LogP contribution >= 0.6 is 0 Å². The number of hydrogen-bond acceptors (Lipinski definition) is 2. The second-order valence-corrected chi connectivity index (χ2v) is 5.86. The lowest BCUT2D eigenvalue weighted by Gasteiger charge is -2.14. The van der Waals surface area contributed by atoms with Crippen molar-refractivity contribution in [2.45, 2.75) is 58.8 Å². The Balaban J connectivity index is 1.86. The first-order valence-electron chi connectivity index (χ1n) is 7.57. The SMILES string of the molecule is CC(C)CCOCCNCC1CCCCCC1. The van der Waals surface area contributed by atoms with Crippen LogP contribution in [-0.2, 0) is 4.74 Å². The number of hydrogen-bond donors (Lipinski definition) is 1. The summed E-state index contributed by atoms with van der Waals surface area (Å²) in [7, 11) is 0. The Morgan fingerprint density at radius 1 is 1.06 bits per heavy atom. The molecule has 1 saturated carbocycles. The molecule has 1 aliphatic rings. The van der Waals surface area contributed by atoms with Crippen LogP contribution in [0.2, 0.25) is 0 Å². The third kappa shape index (κ3) is 8.62. The molecule has 0 bridgehead atoms. The van der Waals surface area contributed by atoms with Crippen LogP contribution in [0, 0.1) is 11.8 Å². The lowest BCUT2D eigenvalue weighted by atomic mass is 10.0. The van der Waals surface area contributed by atoms with Gasteiger partial charge in [-0.3, -0.25) is 0 Å². The highest BCUT2D eigenvalue weighted by molar-refractivity contribution is 4.66. The van der Waals surface area contributed by atoms with Crippen molar-refractivity contribution in [2.24, 2.45) is 11.8 Å². The highest BCUT2D eigenvalue weighted by Gasteiger charge is 2.11. The molecule has 2 nitrogen and oxygen atoms in total. The molecule has 1 N–H and O–H groups in total. The number of nitrogens with one attached hydrogen (secondary N) is 1. The number of ether oxygens (including phenoxy) is 1. The molecule has 1 rings (SSSR count). The van der Waals surface area contributed by atoms with E-state index < -0.39 is 0 Å². The maximum Gasteiger partial charge on any atom is 0.0590 e. The first kappa shape index (κ1) is 15.0. The normalized spacial score (nSPS) is 18.5. The zero-order valence-corrected chi connectivity index (χ0v) is 11.8. The second kappa shape index (κ2) is 9.90. The van der Waals surface area contributed by atoms with Crippen LogP contribution in [0.25, 0.3) is 0 Å². The van der Waals surface area contributed by atoms with Gasteiger partial charge in [0.15, 0.2) is 0 Å². The Hall–Kier alpha value is -0.0800. The summed E-state index contributed by atoms with van der Waals surface area (Å²) in [5, 5.41) is 3.55. The summed E-state index contributed by atoms with van der Waals surface area (Å²) in [4.78, 5) is 0. The lowest BCUT2D eigenvalue weighted by molar-refractivity contribution is 0.124. The van der Waals surface area contributed by atoms with Gasteiger partial charge in [-0.15, -0.1) is 0 Å². The topological polar surface area (TPSA) is 21.3 Å². The van der Waals surface area contributed by atoms with Crippen molar-refractivity contribution in [3.8, 4) is 0 Å². The van der Waals surface area contributed by atoms with E-state index in [1.54, 1.807) is 0 Å². The van der Waals surface area contributed by atoms with E-state index in [0.717, 1.165) is 31.6 Å². The predicted octanol–water partition coefficient (Wildman–Crippen LogP) is 3.61. The van der Waals surface area contributed by atoms with Gasteiger partial charge in [0.2, 0.25) is 0 Å². The van der Waals surface area contributed by atoms with E-state index >= 15 is 0 Å². The molecule has 0 aliphatic heterocycles. The van der Waals surface area contributed by atoms with E-state index in [1.165, 1.54) is 51.5 Å². The summed E-state index contributed by atoms with van der Waals surface area (Å²) in [6, 6.07) is 0. The van der Waals surface area contributed by atoms with Crippen molar-refractivity contribution < 1.29 is 4.74 Å². The highest BCUT2D eigenvalue weighted by atomic mass is 16.5. The summed E-state index contributed by atoms with van der Waals surface area (Å²) in [6.07, 6.45) is 9.84. The van der Waals surface area contributed by atoms with Gasteiger partial charge in [-0.2, -0.15) is 0 Å². The molecule has 0 amide bonds. The van der Waals surface area contributed by atoms with Gasteiger partial charge in [-0.1, -0.05) is 39.5 Å². The molecule has 0 aromatic carbocycles. The maximum absolute atomic E-state index is 5.60. The standard InChI is InChI=1S/C15H31NO/c1-14(2)9-11-17-12-10-16-13-15-7-5-3-4-6-8-15/h14-16H,3-13H2,1-2H3. The molecule has 17 heavy (non-hydrogen) atoms. The second-order valence-electron chi connectivity index (χ2n) is 5.86. The molecule has 0 spiro atoms. The van der Waals surface area contributed by atoms with E-state index in [9.17, 15) is 0 Å². The van der Waals surface area contributed by atoms with Crippen molar-refractivity contribution in [2.75, 3.05) is 26.3 Å². The van der Waals surface area contributed by atoms with Gasteiger partial charge in [0.05, 0.1) is 6.61 Å². The van der Waals surface area contributed by atoms with Gasteiger partial charge in [0.25, 0.3) is 0 Å². The minimum Gasteiger partial charge on any atom is -0.380 e. The highest BCUT2D eigenvalue weighted by Crippen LogP contribution is 2.21. The van der Waals surface area contributed by atoms with E-state index in [2.05, 4.69) is 19.2 Å². The molecule has 0 radical (unpaired) electrons. The Kier molecular flexibility index (Phi) is 8.72. The fourth-order valence-electron chi connectivity index (χ4n) is 2.44. The molecular weight excluding hydrogens is 210 g/mol. The Bertz CT molecular complexity index is 162. The first-order valence-corrected chi connectivity index (χ1v) is 7.57. The molecule has 0 atom stereocenters. The van der Waals surface area contributed by atoms with Gasteiger partial charge in [0, 0.05) is 13.2 Å². The molecular formula is C15H31NO. The van der Waals surface area contributed by atoms with Crippen LogP contribution in [0.5, 0.6) is 0 Å². The molecule has 0 aromatic rings. The molecule has 102 valence electrons. The summed E-state index contributed by atoms with van der Waals surface area (Å²) < 4.78 is 5.60. The van der Waals surface area contributed by atoms with Gasteiger partial charge in [-0.25, -0.2) is 0 Å². The largest absolute Gasteiger partial charge is 0.380 e. The summed E-state index contributed by atoms with van der Waals surface area (Å²) >= 11 is 0. The first-order chi connectivity index (χ1) is 8.29. The molecule has 0 aromatic heterocycles.